The molecule has 0 aliphatic rings. The van der Waals surface area contributed by atoms with Gasteiger partial charge in [0.05, 0.1) is 0 Å². The van der Waals surface area contributed by atoms with Gasteiger partial charge in [0.25, 0.3) is 0 Å². The van der Waals surface area contributed by atoms with Crippen molar-refractivity contribution in [1.29, 1.82) is 0 Å². The Morgan fingerprint density at radius 3 is 1.22 bits per heavy atom. The van der Waals surface area contributed by atoms with Crippen molar-refractivity contribution < 1.29 is 9.84 Å². The third-order valence-corrected chi connectivity index (χ3v) is 4.59. The predicted octanol–water partition coefficient (Wildman–Crippen LogP) is 6.65. The summed E-state index contributed by atoms with van der Waals surface area (Å²) in [5.74, 6) is 0. The second-order valence-electron chi connectivity index (χ2n) is 6.99. The molecule has 0 heterocycles. The smallest absolute Gasteiger partial charge is 0.0466 e. The van der Waals surface area contributed by atoms with Crippen molar-refractivity contribution >= 4 is 0 Å². The van der Waals surface area contributed by atoms with Gasteiger partial charge in [0.2, 0.25) is 0 Å². The number of ether oxygens (including phenoxy) is 1. The Morgan fingerprint density at radius 2 is 0.826 bits per heavy atom. The fraction of sp³-hybridized carbons (Fsp3) is 1.00. The molecule has 0 spiro atoms. The van der Waals surface area contributed by atoms with Crippen LogP contribution in [0, 0.1) is 0 Å². The second kappa shape index (κ2) is 21.9. The van der Waals surface area contributed by atoms with Gasteiger partial charge in [-0.15, -0.1) is 0 Å². The highest BCUT2D eigenvalue weighted by Gasteiger charge is 1.94. The van der Waals surface area contributed by atoms with Crippen molar-refractivity contribution in [3.05, 3.63) is 0 Å². The molecule has 0 bridgehead atoms. The van der Waals surface area contributed by atoms with Gasteiger partial charge in [-0.1, -0.05) is 96.8 Å². The maximum Gasteiger partial charge on any atom is 0.0466 e. The van der Waals surface area contributed by atoms with Crippen LogP contribution in [0.1, 0.15) is 116 Å². The highest BCUT2D eigenvalue weighted by molar-refractivity contribution is 4.48. The van der Waals surface area contributed by atoms with Crippen LogP contribution < -0.4 is 0 Å². The van der Waals surface area contributed by atoms with E-state index in [2.05, 4.69) is 6.92 Å². The minimum absolute atomic E-state index is 0.360. The lowest BCUT2D eigenvalue weighted by molar-refractivity contribution is 0.125. The van der Waals surface area contributed by atoms with E-state index in [4.69, 9.17) is 9.84 Å². The number of unbranched alkanes of at least 4 members (excludes halogenated alkanes) is 15. The van der Waals surface area contributed by atoms with E-state index in [0.717, 1.165) is 19.6 Å². The van der Waals surface area contributed by atoms with E-state index in [9.17, 15) is 0 Å². The van der Waals surface area contributed by atoms with Crippen molar-refractivity contribution in [3.8, 4) is 0 Å². The average Bonchev–Trinajstić information content (AvgIpc) is 2.57. The number of hydrogen-bond acceptors (Lipinski definition) is 2. The molecule has 0 radical (unpaired) electrons. The van der Waals surface area contributed by atoms with Crippen LogP contribution in [-0.4, -0.2) is 24.9 Å². The van der Waals surface area contributed by atoms with Gasteiger partial charge in [-0.05, 0) is 19.3 Å². The third-order valence-electron chi connectivity index (χ3n) is 4.59. The Bertz CT molecular complexity index is 174. The standard InChI is InChI=1S/C21H44O2/c1-2-3-4-5-6-11-14-17-20-23-21-18-15-12-9-7-8-10-13-16-19-22/h22H,2-21H2,1H3. The lowest BCUT2D eigenvalue weighted by Gasteiger charge is -2.05. The van der Waals surface area contributed by atoms with Crippen LogP contribution >= 0.6 is 0 Å². The summed E-state index contributed by atoms with van der Waals surface area (Å²) < 4.78 is 5.73. The van der Waals surface area contributed by atoms with Crippen LogP contribution in [0.15, 0.2) is 0 Å². The van der Waals surface area contributed by atoms with Crippen molar-refractivity contribution in [1.82, 2.24) is 0 Å². The van der Waals surface area contributed by atoms with E-state index >= 15 is 0 Å². The summed E-state index contributed by atoms with van der Waals surface area (Å²) in [4.78, 5) is 0. The van der Waals surface area contributed by atoms with Crippen LogP contribution in [0.4, 0.5) is 0 Å². The Morgan fingerprint density at radius 1 is 0.478 bits per heavy atom. The van der Waals surface area contributed by atoms with Crippen LogP contribution in [0.2, 0.25) is 0 Å². The topological polar surface area (TPSA) is 29.5 Å². The largest absolute Gasteiger partial charge is 0.396 e. The van der Waals surface area contributed by atoms with Gasteiger partial charge in [0.15, 0.2) is 0 Å². The Kier molecular flexibility index (Phi) is 21.8. The van der Waals surface area contributed by atoms with Crippen LogP contribution in [-0.2, 0) is 4.74 Å². The van der Waals surface area contributed by atoms with Crippen molar-refractivity contribution in [2.75, 3.05) is 19.8 Å². The molecule has 0 amide bonds. The molecule has 0 aromatic rings. The molecule has 2 nitrogen and oxygen atoms in total. The van der Waals surface area contributed by atoms with Crippen LogP contribution in [0.25, 0.3) is 0 Å². The lowest BCUT2D eigenvalue weighted by atomic mass is 10.1. The van der Waals surface area contributed by atoms with E-state index in [1.165, 1.54) is 103 Å². The SMILES string of the molecule is CCCCCCCCCCOCCCCCCCCCCCO. The fourth-order valence-corrected chi connectivity index (χ4v) is 2.99. The highest BCUT2D eigenvalue weighted by Crippen LogP contribution is 2.10. The zero-order chi connectivity index (χ0) is 16.8. The van der Waals surface area contributed by atoms with Gasteiger partial charge < -0.3 is 9.84 Å². The number of hydrogen-bond donors (Lipinski definition) is 1. The molecule has 0 aliphatic carbocycles. The average molecular weight is 329 g/mol. The number of aliphatic hydroxyl groups is 1. The molecular weight excluding hydrogens is 284 g/mol. The molecule has 0 fully saturated rings. The quantitative estimate of drug-likeness (QED) is 0.254. The zero-order valence-corrected chi connectivity index (χ0v) is 16.0. The van der Waals surface area contributed by atoms with Crippen molar-refractivity contribution in [3.63, 3.8) is 0 Å². The van der Waals surface area contributed by atoms with E-state index in [-0.39, 0.29) is 0 Å². The summed E-state index contributed by atoms with van der Waals surface area (Å²) in [6.07, 6.45) is 22.5. The van der Waals surface area contributed by atoms with Gasteiger partial charge >= 0.3 is 0 Å². The Labute approximate surface area is 146 Å². The predicted molar refractivity (Wildman–Crippen MR) is 102 cm³/mol. The molecule has 0 aromatic heterocycles. The maximum atomic E-state index is 8.70. The summed E-state index contributed by atoms with van der Waals surface area (Å²) in [5.41, 5.74) is 0. The molecule has 0 atom stereocenters. The van der Waals surface area contributed by atoms with Crippen LogP contribution in [0.3, 0.4) is 0 Å². The number of rotatable bonds is 20. The van der Waals surface area contributed by atoms with Gasteiger partial charge in [-0.2, -0.15) is 0 Å². The third kappa shape index (κ3) is 21.9. The summed E-state index contributed by atoms with van der Waals surface area (Å²) in [5, 5.41) is 8.70. The first-order chi connectivity index (χ1) is 11.4. The molecule has 2 heteroatoms. The first kappa shape index (κ1) is 22.9. The van der Waals surface area contributed by atoms with Crippen molar-refractivity contribution in [2.45, 2.75) is 116 Å². The first-order valence-electron chi connectivity index (χ1n) is 10.6. The Balaban J connectivity index is 2.92. The molecule has 0 aliphatic heterocycles. The highest BCUT2D eigenvalue weighted by atomic mass is 16.5. The molecular formula is C21H44O2. The van der Waals surface area contributed by atoms with Gasteiger partial charge in [0, 0.05) is 19.8 Å². The number of aliphatic hydroxyl groups excluding tert-OH is 1. The summed E-state index contributed by atoms with van der Waals surface area (Å²) in [6.45, 7) is 4.57. The van der Waals surface area contributed by atoms with Gasteiger partial charge in [-0.25, -0.2) is 0 Å². The second-order valence-corrected chi connectivity index (χ2v) is 6.99. The minimum atomic E-state index is 0.360. The summed E-state index contributed by atoms with van der Waals surface area (Å²) in [7, 11) is 0. The van der Waals surface area contributed by atoms with E-state index < -0.39 is 0 Å². The van der Waals surface area contributed by atoms with Crippen molar-refractivity contribution in [2.24, 2.45) is 0 Å². The molecule has 0 saturated carbocycles. The molecule has 0 saturated heterocycles. The molecule has 1 N–H and O–H groups in total. The van der Waals surface area contributed by atoms with Crippen LogP contribution in [0.5, 0.6) is 0 Å². The lowest BCUT2D eigenvalue weighted by Crippen LogP contribution is -1.97. The molecule has 0 aromatic carbocycles. The normalized spacial score (nSPS) is 11.2. The van der Waals surface area contributed by atoms with Gasteiger partial charge in [-0.3, -0.25) is 0 Å². The monoisotopic (exact) mass is 328 g/mol. The summed E-state index contributed by atoms with van der Waals surface area (Å²) >= 11 is 0. The van der Waals surface area contributed by atoms with E-state index in [1.807, 2.05) is 0 Å². The molecule has 0 rings (SSSR count). The minimum Gasteiger partial charge on any atom is -0.396 e. The maximum absolute atomic E-state index is 8.70. The molecule has 0 unspecified atom stereocenters. The molecule has 140 valence electrons. The molecule has 23 heavy (non-hydrogen) atoms. The summed E-state index contributed by atoms with van der Waals surface area (Å²) in [6, 6.07) is 0. The van der Waals surface area contributed by atoms with E-state index in [1.54, 1.807) is 0 Å². The fourth-order valence-electron chi connectivity index (χ4n) is 2.99. The van der Waals surface area contributed by atoms with Gasteiger partial charge in [0.1, 0.15) is 0 Å². The van der Waals surface area contributed by atoms with E-state index in [0.29, 0.717) is 6.61 Å². The zero-order valence-electron chi connectivity index (χ0n) is 16.0. The first-order valence-corrected chi connectivity index (χ1v) is 10.6. The Hall–Kier alpha value is -0.0800.